The Morgan fingerprint density at radius 2 is 1.62 bits per heavy atom. The van der Waals surface area contributed by atoms with Gasteiger partial charge in [-0.15, -0.1) is 5.10 Å². The number of phenols is 1. The standard InChI is InChI=1S/C32H31N5O4S/c33-18-22-2-1-3-26(16-22)23-8-10-25(11-9-23)31-40-29(17-30(41-31)24-6-4-21(19-38)5-7-24)20-42-32-34-35-36-37(32)27-12-14-28(39)15-13-27/h1-16,29-31,38-39H,17-20,33H2/t29-,30+,31+/m1/s1. The Morgan fingerprint density at radius 3 is 2.36 bits per heavy atom. The lowest BCUT2D eigenvalue weighted by molar-refractivity contribution is -0.245. The summed E-state index contributed by atoms with van der Waals surface area (Å²) >= 11 is 1.50. The molecule has 0 bridgehead atoms. The van der Waals surface area contributed by atoms with Crippen LogP contribution in [0.2, 0.25) is 0 Å². The molecule has 1 aliphatic rings. The molecule has 0 spiro atoms. The van der Waals surface area contributed by atoms with Crippen molar-refractivity contribution >= 4 is 11.8 Å². The Bertz CT molecular complexity index is 1610. The SMILES string of the molecule is NCc1cccc(-c2ccc([C@H]3O[C@@H](CSc4nnnn4-c4ccc(O)cc4)C[C@@H](c4ccc(CO)cc4)O3)cc2)c1. The van der Waals surface area contributed by atoms with Gasteiger partial charge in [0.05, 0.1) is 24.5 Å². The van der Waals surface area contributed by atoms with Crippen molar-refractivity contribution in [3.8, 4) is 22.6 Å². The van der Waals surface area contributed by atoms with Crippen molar-refractivity contribution in [2.45, 2.75) is 43.2 Å². The van der Waals surface area contributed by atoms with E-state index in [2.05, 4.69) is 39.8 Å². The van der Waals surface area contributed by atoms with E-state index in [1.165, 1.54) is 11.8 Å². The monoisotopic (exact) mass is 581 g/mol. The molecule has 0 unspecified atom stereocenters. The molecule has 3 atom stereocenters. The number of aliphatic hydroxyl groups excluding tert-OH is 1. The van der Waals surface area contributed by atoms with E-state index in [0.717, 1.165) is 39.1 Å². The summed E-state index contributed by atoms with van der Waals surface area (Å²) in [6.45, 7) is 0.490. The summed E-state index contributed by atoms with van der Waals surface area (Å²) < 4.78 is 14.6. The lowest BCUT2D eigenvalue weighted by atomic mass is 9.99. The lowest BCUT2D eigenvalue weighted by Crippen LogP contribution is -2.31. The maximum atomic E-state index is 9.65. The van der Waals surface area contributed by atoms with E-state index in [4.69, 9.17) is 15.2 Å². The van der Waals surface area contributed by atoms with Crippen LogP contribution in [0.3, 0.4) is 0 Å². The number of aliphatic hydroxyl groups is 1. The maximum Gasteiger partial charge on any atom is 0.214 e. The molecule has 0 aliphatic carbocycles. The third kappa shape index (κ3) is 6.38. The first kappa shape index (κ1) is 28.1. The highest BCUT2D eigenvalue weighted by Gasteiger charge is 2.32. The van der Waals surface area contributed by atoms with Gasteiger partial charge in [0.1, 0.15) is 5.75 Å². The second-order valence-corrected chi connectivity index (χ2v) is 11.1. The van der Waals surface area contributed by atoms with Gasteiger partial charge in [0.2, 0.25) is 5.16 Å². The van der Waals surface area contributed by atoms with Crippen LogP contribution in [-0.4, -0.2) is 42.3 Å². The van der Waals surface area contributed by atoms with Crippen molar-refractivity contribution in [3.63, 3.8) is 0 Å². The zero-order valence-electron chi connectivity index (χ0n) is 22.8. The number of nitrogens with two attached hydrogens (primary N) is 1. The molecule has 214 valence electrons. The Balaban J connectivity index is 1.22. The molecular weight excluding hydrogens is 550 g/mol. The minimum Gasteiger partial charge on any atom is -0.508 e. The fourth-order valence-corrected chi connectivity index (χ4v) is 5.83. The van der Waals surface area contributed by atoms with Gasteiger partial charge in [0.15, 0.2) is 6.29 Å². The van der Waals surface area contributed by atoms with Crippen LogP contribution in [0.1, 0.15) is 41.1 Å². The number of tetrazole rings is 1. The molecule has 10 heteroatoms. The molecule has 0 saturated carbocycles. The number of rotatable bonds is 9. The summed E-state index contributed by atoms with van der Waals surface area (Å²) in [4.78, 5) is 0. The summed E-state index contributed by atoms with van der Waals surface area (Å²) in [5.41, 5.74) is 12.7. The normalized spacial score (nSPS) is 18.7. The average molecular weight is 582 g/mol. The van der Waals surface area contributed by atoms with Gasteiger partial charge in [0, 0.05) is 24.3 Å². The van der Waals surface area contributed by atoms with Gasteiger partial charge in [-0.05, 0) is 68.6 Å². The van der Waals surface area contributed by atoms with E-state index in [9.17, 15) is 10.2 Å². The van der Waals surface area contributed by atoms with E-state index in [-0.39, 0.29) is 24.6 Å². The zero-order valence-corrected chi connectivity index (χ0v) is 23.6. The Kier molecular flexibility index (Phi) is 8.59. The molecule has 9 nitrogen and oxygen atoms in total. The number of nitrogens with zero attached hydrogens (tertiary/aromatic N) is 4. The number of hydrogen-bond donors (Lipinski definition) is 3. The highest BCUT2D eigenvalue weighted by molar-refractivity contribution is 7.99. The summed E-state index contributed by atoms with van der Waals surface area (Å²) in [6.07, 6.45) is -0.269. The number of phenolic OH excluding ortho intramolecular Hbond substituents is 1. The number of hydrogen-bond acceptors (Lipinski definition) is 9. The smallest absolute Gasteiger partial charge is 0.214 e. The molecule has 1 aliphatic heterocycles. The molecule has 0 radical (unpaired) electrons. The fourth-order valence-electron chi connectivity index (χ4n) is 4.93. The van der Waals surface area contributed by atoms with Gasteiger partial charge in [0.25, 0.3) is 0 Å². The summed E-state index contributed by atoms with van der Waals surface area (Å²) in [5, 5.41) is 32.0. The van der Waals surface area contributed by atoms with E-state index >= 15 is 0 Å². The maximum absolute atomic E-state index is 9.65. The lowest BCUT2D eigenvalue weighted by Gasteiger charge is -2.36. The second kappa shape index (κ2) is 12.8. The zero-order chi connectivity index (χ0) is 28.9. The molecule has 5 aromatic rings. The molecular formula is C32H31N5O4S. The Morgan fingerprint density at radius 1 is 0.857 bits per heavy atom. The van der Waals surface area contributed by atoms with Crippen molar-refractivity contribution in [1.29, 1.82) is 0 Å². The van der Waals surface area contributed by atoms with Crippen molar-refractivity contribution in [1.82, 2.24) is 20.2 Å². The molecule has 4 N–H and O–H groups in total. The molecule has 4 aromatic carbocycles. The molecule has 0 amide bonds. The van der Waals surface area contributed by atoms with E-state index in [1.54, 1.807) is 28.9 Å². The molecule has 1 aromatic heterocycles. The van der Waals surface area contributed by atoms with Crippen molar-refractivity contribution in [3.05, 3.63) is 119 Å². The van der Waals surface area contributed by atoms with Crippen LogP contribution in [0, 0.1) is 0 Å². The summed E-state index contributed by atoms with van der Waals surface area (Å²) in [7, 11) is 0. The molecule has 6 rings (SSSR count). The highest BCUT2D eigenvalue weighted by atomic mass is 32.2. The van der Waals surface area contributed by atoms with Crippen LogP contribution >= 0.6 is 11.8 Å². The minimum absolute atomic E-state index is 0.00685. The summed E-state index contributed by atoms with van der Waals surface area (Å²) in [6, 6.07) is 31.0. The number of aromatic nitrogens is 4. The van der Waals surface area contributed by atoms with Crippen molar-refractivity contribution < 1.29 is 19.7 Å². The average Bonchev–Trinajstić information content (AvgIpc) is 3.53. The summed E-state index contributed by atoms with van der Waals surface area (Å²) in [5.74, 6) is 0.783. The number of thioether (sulfide) groups is 1. The van der Waals surface area contributed by atoms with E-state index in [0.29, 0.717) is 23.9 Å². The second-order valence-electron chi connectivity index (χ2n) is 10.1. The van der Waals surface area contributed by atoms with Gasteiger partial charge in [-0.3, -0.25) is 0 Å². The quantitative estimate of drug-likeness (QED) is 0.198. The third-order valence-corrected chi connectivity index (χ3v) is 8.28. The van der Waals surface area contributed by atoms with Crippen LogP contribution in [0.5, 0.6) is 5.75 Å². The number of ether oxygens (including phenoxy) is 2. The molecule has 42 heavy (non-hydrogen) atoms. The number of benzene rings is 4. The van der Waals surface area contributed by atoms with E-state index < -0.39 is 6.29 Å². The van der Waals surface area contributed by atoms with Crippen molar-refractivity contribution in [2.24, 2.45) is 5.73 Å². The van der Waals surface area contributed by atoms with Crippen LogP contribution < -0.4 is 5.73 Å². The van der Waals surface area contributed by atoms with Gasteiger partial charge < -0.3 is 25.4 Å². The Hall–Kier alpha value is -4.06. The van der Waals surface area contributed by atoms with Crippen LogP contribution in [0.15, 0.2) is 102 Å². The minimum atomic E-state index is -0.565. The predicted octanol–water partition coefficient (Wildman–Crippen LogP) is 5.32. The van der Waals surface area contributed by atoms with Gasteiger partial charge >= 0.3 is 0 Å². The first-order chi connectivity index (χ1) is 20.6. The molecule has 2 heterocycles. The van der Waals surface area contributed by atoms with Gasteiger partial charge in [-0.25, -0.2) is 0 Å². The number of aromatic hydroxyl groups is 1. The largest absolute Gasteiger partial charge is 0.508 e. The predicted molar refractivity (Wildman–Crippen MR) is 160 cm³/mol. The first-order valence-electron chi connectivity index (χ1n) is 13.7. The van der Waals surface area contributed by atoms with Crippen molar-refractivity contribution in [2.75, 3.05) is 5.75 Å². The fraction of sp³-hybridized carbons (Fsp3) is 0.219. The highest BCUT2D eigenvalue weighted by Crippen LogP contribution is 2.40. The van der Waals surface area contributed by atoms with Gasteiger partial charge in [-0.1, -0.05) is 78.5 Å². The third-order valence-electron chi connectivity index (χ3n) is 7.23. The topological polar surface area (TPSA) is 129 Å². The first-order valence-corrected chi connectivity index (χ1v) is 14.7. The molecule has 1 fully saturated rings. The van der Waals surface area contributed by atoms with Crippen LogP contribution in [-0.2, 0) is 22.6 Å². The van der Waals surface area contributed by atoms with Crippen LogP contribution in [0.25, 0.3) is 16.8 Å². The van der Waals surface area contributed by atoms with Gasteiger partial charge in [-0.2, -0.15) is 4.68 Å². The Labute approximate surface area is 247 Å². The van der Waals surface area contributed by atoms with E-state index in [1.807, 2.05) is 48.5 Å². The molecule has 1 saturated heterocycles. The van der Waals surface area contributed by atoms with Crippen LogP contribution in [0.4, 0.5) is 0 Å².